The van der Waals surface area contributed by atoms with Crippen LogP contribution in [0.5, 0.6) is 0 Å². The summed E-state index contributed by atoms with van der Waals surface area (Å²) >= 11 is 0. The van der Waals surface area contributed by atoms with Crippen LogP contribution in [0.1, 0.15) is 46.0 Å². The predicted octanol–water partition coefficient (Wildman–Crippen LogP) is 3.07. The van der Waals surface area contributed by atoms with Gasteiger partial charge in [0.25, 0.3) is 0 Å². The lowest BCUT2D eigenvalue weighted by Crippen LogP contribution is -2.45. The first-order valence-corrected chi connectivity index (χ1v) is 9.42. The van der Waals surface area contributed by atoms with E-state index in [1.165, 1.54) is 58.3 Å². The van der Waals surface area contributed by atoms with Crippen molar-refractivity contribution in [2.75, 3.05) is 39.4 Å². The fraction of sp³-hybridized carbons (Fsp3) is 0.895. The van der Waals surface area contributed by atoms with Gasteiger partial charge in [-0.3, -0.25) is 0 Å². The molecule has 0 bridgehead atoms. The Labute approximate surface area is 136 Å². The number of nitrogens with one attached hydrogen (secondary N) is 1. The minimum Gasteiger partial charge on any atom is -0.381 e. The lowest BCUT2D eigenvalue weighted by molar-refractivity contribution is 0.146. The standard InChI is InChI=1S/C19H34N2O/c1-15-4-3-5-16(2)19(15)12-20-18-6-9-21(10-7-18)13-17-8-11-22-14-17/h4,16-20H,3,5-14H2,1-2H3/t16-,17-,19+/m0/s1. The van der Waals surface area contributed by atoms with E-state index in [9.17, 15) is 0 Å². The highest BCUT2D eigenvalue weighted by molar-refractivity contribution is 5.09. The molecule has 0 amide bonds. The van der Waals surface area contributed by atoms with E-state index in [1.54, 1.807) is 5.57 Å². The van der Waals surface area contributed by atoms with Gasteiger partial charge in [0.05, 0.1) is 6.61 Å². The van der Waals surface area contributed by atoms with Crippen LogP contribution in [0.2, 0.25) is 0 Å². The molecule has 0 aromatic carbocycles. The maximum Gasteiger partial charge on any atom is 0.0507 e. The molecular weight excluding hydrogens is 272 g/mol. The minimum absolute atomic E-state index is 0.734. The Morgan fingerprint density at radius 3 is 2.73 bits per heavy atom. The molecule has 0 unspecified atom stereocenters. The average molecular weight is 306 g/mol. The van der Waals surface area contributed by atoms with Crippen molar-refractivity contribution in [2.24, 2.45) is 17.8 Å². The molecule has 3 nitrogen and oxygen atoms in total. The van der Waals surface area contributed by atoms with E-state index in [0.717, 1.165) is 37.0 Å². The number of piperidine rings is 1. The lowest BCUT2D eigenvalue weighted by atomic mass is 9.80. The van der Waals surface area contributed by atoms with Crippen LogP contribution in [0.4, 0.5) is 0 Å². The number of likely N-dealkylation sites (tertiary alicyclic amines) is 1. The van der Waals surface area contributed by atoms with E-state index < -0.39 is 0 Å². The van der Waals surface area contributed by atoms with Gasteiger partial charge in [0, 0.05) is 25.7 Å². The minimum atomic E-state index is 0.734. The van der Waals surface area contributed by atoms with Crippen LogP contribution in [0.3, 0.4) is 0 Å². The topological polar surface area (TPSA) is 24.5 Å². The molecule has 2 aliphatic heterocycles. The summed E-state index contributed by atoms with van der Waals surface area (Å²) < 4.78 is 5.50. The molecule has 0 aromatic heterocycles. The van der Waals surface area contributed by atoms with E-state index in [-0.39, 0.29) is 0 Å². The molecule has 3 atom stereocenters. The summed E-state index contributed by atoms with van der Waals surface area (Å²) in [6.07, 6.45) is 9.01. The molecule has 2 fully saturated rings. The summed E-state index contributed by atoms with van der Waals surface area (Å²) in [5.41, 5.74) is 1.62. The summed E-state index contributed by atoms with van der Waals surface area (Å²) in [5, 5.41) is 3.87. The van der Waals surface area contributed by atoms with Gasteiger partial charge in [0.15, 0.2) is 0 Å². The SMILES string of the molecule is CC1=CCC[C@H](C)[C@@H]1CNC1CCN(C[C@@H]2CCOC2)CC1. The monoisotopic (exact) mass is 306 g/mol. The smallest absolute Gasteiger partial charge is 0.0507 e. The normalized spacial score (nSPS) is 34.8. The Morgan fingerprint density at radius 2 is 2.05 bits per heavy atom. The summed E-state index contributed by atoms with van der Waals surface area (Å²) in [6.45, 7) is 11.7. The first kappa shape index (κ1) is 16.5. The number of allylic oxidation sites excluding steroid dienone is 1. The van der Waals surface area contributed by atoms with Crippen LogP contribution in [-0.2, 0) is 4.74 Å². The van der Waals surface area contributed by atoms with Gasteiger partial charge in [-0.1, -0.05) is 18.6 Å². The molecule has 0 saturated carbocycles. The summed E-state index contributed by atoms with van der Waals surface area (Å²) in [6, 6.07) is 0.734. The maximum absolute atomic E-state index is 5.50. The Morgan fingerprint density at radius 1 is 1.23 bits per heavy atom. The Hall–Kier alpha value is -0.380. The van der Waals surface area contributed by atoms with E-state index in [2.05, 4.69) is 30.1 Å². The van der Waals surface area contributed by atoms with Crippen molar-refractivity contribution in [3.63, 3.8) is 0 Å². The van der Waals surface area contributed by atoms with Crippen molar-refractivity contribution < 1.29 is 4.74 Å². The predicted molar refractivity (Wildman–Crippen MR) is 92.0 cm³/mol. The van der Waals surface area contributed by atoms with Crippen LogP contribution in [0.15, 0.2) is 11.6 Å². The lowest BCUT2D eigenvalue weighted by Gasteiger charge is -2.36. The second kappa shape index (κ2) is 7.94. The van der Waals surface area contributed by atoms with Gasteiger partial charge in [-0.2, -0.15) is 0 Å². The molecule has 3 heteroatoms. The largest absolute Gasteiger partial charge is 0.381 e. The number of hydrogen-bond acceptors (Lipinski definition) is 3. The van der Waals surface area contributed by atoms with Crippen LogP contribution in [0.25, 0.3) is 0 Å². The molecule has 0 radical (unpaired) electrons. The van der Waals surface area contributed by atoms with E-state index in [4.69, 9.17) is 4.74 Å². The molecule has 0 aromatic rings. The van der Waals surface area contributed by atoms with Crippen molar-refractivity contribution in [1.82, 2.24) is 10.2 Å². The highest BCUT2D eigenvalue weighted by atomic mass is 16.5. The molecule has 1 N–H and O–H groups in total. The number of ether oxygens (including phenoxy) is 1. The fourth-order valence-electron chi connectivity index (χ4n) is 4.44. The van der Waals surface area contributed by atoms with Crippen molar-refractivity contribution in [3.8, 4) is 0 Å². The summed E-state index contributed by atoms with van der Waals surface area (Å²) in [5.74, 6) is 2.41. The fourth-order valence-corrected chi connectivity index (χ4v) is 4.44. The number of hydrogen-bond donors (Lipinski definition) is 1. The average Bonchev–Trinajstić information content (AvgIpc) is 3.01. The molecule has 2 saturated heterocycles. The van der Waals surface area contributed by atoms with Crippen LogP contribution in [-0.4, -0.2) is 50.3 Å². The molecular formula is C19H34N2O. The molecule has 0 spiro atoms. The zero-order chi connectivity index (χ0) is 15.4. The van der Waals surface area contributed by atoms with Gasteiger partial charge < -0.3 is 15.0 Å². The third-order valence-electron chi connectivity index (χ3n) is 6.11. The zero-order valence-corrected chi connectivity index (χ0v) is 14.5. The van der Waals surface area contributed by atoms with Crippen molar-refractivity contribution in [1.29, 1.82) is 0 Å². The molecule has 126 valence electrons. The van der Waals surface area contributed by atoms with Crippen LogP contribution >= 0.6 is 0 Å². The van der Waals surface area contributed by atoms with Gasteiger partial charge >= 0.3 is 0 Å². The van der Waals surface area contributed by atoms with E-state index >= 15 is 0 Å². The summed E-state index contributed by atoms with van der Waals surface area (Å²) in [7, 11) is 0. The molecule has 3 aliphatic rings. The molecule has 1 aliphatic carbocycles. The van der Waals surface area contributed by atoms with Gasteiger partial charge in [-0.15, -0.1) is 0 Å². The van der Waals surface area contributed by atoms with Crippen molar-refractivity contribution in [3.05, 3.63) is 11.6 Å². The Bertz CT molecular complexity index is 368. The Balaban J connectivity index is 1.36. The molecule has 2 heterocycles. The third kappa shape index (κ3) is 4.33. The van der Waals surface area contributed by atoms with Gasteiger partial charge in [0.1, 0.15) is 0 Å². The maximum atomic E-state index is 5.50. The van der Waals surface area contributed by atoms with E-state index in [0.29, 0.717) is 0 Å². The Kier molecular flexibility index (Phi) is 5.95. The van der Waals surface area contributed by atoms with Gasteiger partial charge in [-0.05, 0) is 69.9 Å². The van der Waals surface area contributed by atoms with Crippen LogP contribution < -0.4 is 5.32 Å². The quantitative estimate of drug-likeness (QED) is 0.790. The zero-order valence-electron chi connectivity index (χ0n) is 14.5. The van der Waals surface area contributed by atoms with Gasteiger partial charge in [0.2, 0.25) is 0 Å². The second-order valence-corrected chi connectivity index (χ2v) is 7.82. The first-order chi connectivity index (χ1) is 10.7. The highest BCUT2D eigenvalue weighted by Crippen LogP contribution is 2.29. The number of nitrogens with zero attached hydrogens (tertiary/aromatic N) is 1. The van der Waals surface area contributed by atoms with Crippen molar-refractivity contribution in [2.45, 2.75) is 52.0 Å². The summed E-state index contributed by atoms with van der Waals surface area (Å²) in [4.78, 5) is 2.66. The first-order valence-electron chi connectivity index (χ1n) is 9.42. The van der Waals surface area contributed by atoms with Crippen molar-refractivity contribution >= 4 is 0 Å². The molecule has 22 heavy (non-hydrogen) atoms. The van der Waals surface area contributed by atoms with Gasteiger partial charge in [-0.25, -0.2) is 0 Å². The number of rotatable bonds is 5. The van der Waals surface area contributed by atoms with Crippen LogP contribution in [0, 0.1) is 17.8 Å². The highest BCUT2D eigenvalue weighted by Gasteiger charge is 2.26. The third-order valence-corrected chi connectivity index (χ3v) is 6.11. The second-order valence-electron chi connectivity index (χ2n) is 7.82. The molecule has 3 rings (SSSR count). The van der Waals surface area contributed by atoms with E-state index in [1.807, 2.05) is 0 Å².